The van der Waals surface area contributed by atoms with Crippen molar-refractivity contribution in [3.05, 3.63) is 5.89 Å². The number of hydrogen-bond acceptors (Lipinski definition) is 5. The van der Waals surface area contributed by atoms with E-state index in [1.54, 1.807) is 0 Å². The van der Waals surface area contributed by atoms with Crippen molar-refractivity contribution in [3.8, 4) is 0 Å². The lowest BCUT2D eigenvalue weighted by Crippen LogP contribution is -2.45. The molecule has 1 saturated carbocycles. The molecule has 18 heavy (non-hydrogen) atoms. The molecule has 1 aliphatic heterocycles. The Kier molecular flexibility index (Phi) is 3.01. The normalized spacial score (nSPS) is 33.0. The van der Waals surface area contributed by atoms with Crippen molar-refractivity contribution in [2.24, 2.45) is 5.73 Å². The van der Waals surface area contributed by atoms with Gasteiger partial charge in [-0.15, -0.1) is 0 Å². The zero-order valence-electron chi connectivity index (χ0n) is 11.1. The molecule has 5 heteroatoms. The van der Waals surface area contributed by atoms with Crippen LogP contribution in [0.5, 0.6) is 0 Å². The molecular formula is C13H22N4O. The number of anilines is 1. The summed E-state index contributed by atoms with van der Waals surface area (Å²) in [6.07, 6.45) is 6.96. The number of nitrogens with two attached hydrogens (primary N) is 1. The van der Waals surface area contributed by atoms with Crippen molar-refractivity contribution in [1.82, 2.24) is 10.1 Å². The molecular weight excluding hydrogens is 228 g/mol. The third-order valence-electron chi connectivity index (χ3n) is 4.57. The van der Waals surface area contributed by atoms with E-state index in [0.717, 1.165) is 37.8 Å². The van der Waals surface area contributed by atoms with Gasteiger partial charge in [-0.3, -0.25) is 0 Å². The minimum Gasteiger partial charge on any atom is -0.338 e. The molecule has 0 amide bonds. The van der Waals surface area contributed by atoms with Gasteiger partial charge in [-0.2, -0.15) is 4.98 Å². The molecule has 2 N–H and O–H groups in total. The van der Waals surface area contributed by atoms with E-state index < -0.39 is 0 Å². The van der Waals surface area contributed by atoms with Crippen LogP contribution in [0, 0.1) is 0 Å². The molecule has 1 saturated heterocycles. The maximum atomic E-state index is 6.27. The average Bonchev–Trinajstić information content (AvgIpc) is 3.01. The van der Waals surface area contributed by atoms with Gasteiger partial charge in [0, 0.05) is 19.1 Å². The van der Waals surface area contributed by atoms with Crippen molar-refractivity contribution in [2.75, 3.05) is 18.0 Å². The van der Waals surface area contributed by atoms with Crippen molar-refractivity contribution < 1.29 is 4.52 Å². The molecule has 1 aliphatic carbocycles. The molecule has 5 nitrogen and oxygen atoms in total. The van der Waals surface area contributed by atoms with Crippen LogP contribution < -0.4 is 10.6 Å². The first-order valence-electron chi connectivity index (χ1n) is 7.05. The van der Waals surface area contributed by atoms with Crippen LogP contribution in [0.3, 0.4) is 0 Å². The number of nitrogens with zero attached hydrogens (tertiary/aromatic N) is 3. The molecule has 2 heterocycles. The van der Waals surface area contributed by atoms with Crippen LogP contribution in [0.4, 0.5) is 5.95 Å². The first-order chi connectivity index (χ1) is 8.70. The fourth-order valence-corrected chi connectivity index (χ4v) is 3.12. The lowest BCUT2D eigenvalue weighted by atomic mass is 9.72. The highest BCUT2D eigenvalue weighted by atomic mass is 16.5. The minimum absolute atomic E-state index is 0.136. The van der Waals surface area contributed by atoms with E-state index in [1.807, 2.05) is 0 Å². The fourth-order valence-electron chi connectivity index (χ4n) is 3.12. The van der Waals surface area contributed by atoms with E-state index in [-0.39, 0.29) is 11.5 Å². The minimum atomic E-state index is -0.136. The summed E-state index contributed by atoms with van der Waals surface area (Å²) >= 11 is 0. The molecule has 100 valence electrons. The predicted molar refractivity (Wildman–Crippen MR) is 69.5 cm³/mol. The van der Waals surface area contributed by atoms with E-state index in [0.29, 0.717) is 0 Å². The summed E-state index contributed by atoms with van der Waals surface area (Å²) in [4.78, 5) is 6.81. The Morgan fingerprint density at radius 1 is 1.28 bits per heavy atom. The van der Waals surface area contributed by atoms with Crippen molar-refractivity contribution >= 4 is 5.95 Å². The number of hydrogen-bond donors (Lipinski definition) is 1. The second kappa shape index (κ2) is 4.53. The smallest absolute Gasteiger partial charge is 0.266 e. The molecule has 0 bridgehead atoms. The second-order valence-corrected chi connectivity index (χ2v) is 5.86. The van der Waals surface area contributed by atoms with E-state index in [9.17, 15) is 0 Å². The highest BCUT2D eigenvalue weighted by Crippen LogP contribution is 2.38. The topological polar surface area (TPSA) is 68.2 Å². The van der Waals surface area contributed by atoms with Gasteiger partial charge in [0.05, 0.1) is 5.41 Å². The first kappa shape index (κ1) is 12.0. The van der Waals surface area contributed by atoms with Gasteiger partial charge in [-0.25, -0.2) is 0 Å². The molecule has 0 aromatic carbocycles. The largest absolute Gasteiger partial charge is 0.338 e. The van der Waals surface area contributed by atoms with Gasteiger partial charge in [-0.05, 0) is 37.8 Å². The van der Waals surface area contributed by atoms with Crippen molar-refractivity contribution in [3.63, 3.8) is 0 Å². The molecule has 0 radical (unpaired) electrons. The summed E-state index contributed by atoms with van der Waals surface area (Å²) in [6.45, 7) is 4.25. The molecule has 1 aromatic rings. The van der Waals surface area contributed by atoms with Gasteiger partial charge in [0.25, 0.3) is 5.95 Å². The van der Waals surface area contributed by atoms with E-state index in [4.69, 9.17) is 10.3 Å². The zero-order valence-corrected chi connectivity index (χ0v) is 11.1. The Morgan fingerprint density at radius 3 is 2.78 bits per heavy atom. The zero-order chi connectivity index (χ0) is 12.6. The summed E-state index contributed by atoms with van der Waals surface area (Å²) < 4.78 is 5.51. The first-order valence-corrected chi connectivity index (χ1v) is 7.05. The van der Waals surface area contributed by atoms with Gasteiger partial charge in [0.15, 0.2) is 0 Å². The maximum Gasteiger partial charge on any atom is 0.266 e. The quantitative estimate of drug-likeness (QED) is 0.867. The van der Waals surface area contributed by atoms with Crippen molar-refractivity contribution in [1.29, 1.82) is 0 Å². The Morgan fingerprint density at radius 2 is 2.06 bits per heavy atom. The van der Waals surface area contributed by atoms with Gasteiger partial charge < -0.3 is 15.2 Å². The van der Waals surface area contributed by atoms with Crippen LogP contribution in [0.15, 0.2) is 4.52 Å². The van der Waals surface area contributed by atoms with Gasteiger partial charge in [0.2, 0.25) is 5.89 Å². The Balaban J connectivity index is 1.83. The highest BCUT2D eigenvalue weighted by molar-refractivity contribution is 5.30. The van der Waals surface area contributed by atoms with E-state index in [2.05, 4.69) is 22.0 Å². The van der Waals surface area contributed by atoms with Gasteiger partial charge in [-0.1, -0.05) is 12.8 Å². The Bertz CT molecular complexity index is 413. The summed E-state index contributed by atoms with van der Waals surface area (Å²) in [6, 6.07) is 0.137. The summed E-state index contributed by atoms with van der Waals surface area (Å²) in [5.74, 6) is 1.48. The number of rotatable bonds is 2. The maximum absolute atomic E-state index is 6.27. The summed E-state index contributed by atoms with van der Waals surface area (Å²) in [5.41, 5.74) is 6.13. The van der Waals surface area contributed by atoms with Crippen LogP contribution in [-0.2, 0) is 5.41 Å². The molecule has 2 aliphatic rings. The van der Waals surface area contributed by atoms with Crippen molar-refractivity contribution in [2.45, 2.75) is 56.9 Å². The third kappa shape index (κ3) is 1.90. The SMILES string of the molecule is CC1(c2nc(N3CCCC3)no2)CCCCC1N. The molecule has 2 atom stereocenters. The molecule has 2 fully saturated rings. The fraction of sp³-hybridized carbons (Fsp3) is 0.846. The van der Waals surface area contributed by atoms with Crippen LogP contribution in [-0.4, -0.2) is 29.3 Å². The monoisotopic (exact) mass is 250 g/mol. The van der Waals surface area contributed by atoms with Gasteiger partial charge >= 0.3 is 0 Å². The molecule has 3 rings (SSSR count). The predicted octanol–water partition coefficient (Wildman–Crippen LogP) is 1.83. The van der Waals surface area contributed by atoms with E-state index in [1.165, 1.54) is 25.7 Å². The number of aromatic nitrogens is 2. The standard InChI is InChI=1S/C13H22N4O/c1-13(7-3-2-6-10(13)14)11-15-12(16-18-11)17-8-4-5-9-17/h10H,2-9,14H2,1H3. The highest BCUT2D eigenvalue weighted by Gasteiger charge is 2.41. The van der Waals surface area contributed by atoms with Crippen LogP contribution in [0.1, 0.15) is 51.3 Å². The van der Waals surface area contributed by atoms with Gasteiger partial charge in [0.1, 0.15) is 0 Å². The lowest BCUT2D eigenvalue weighted by molar-refractivity contribution is 0.203. The molecule has 0 spiro atoms. The lowest BCUT2D eigenvalue weighted by Gasteiger charge is -2.35. The molecule has 1 aromatic heterocycles. The summed E-state index contributed by atoms with van der Waals surface area (Å²) in [7, 11) is 0. The average molecular weight is 250 g/mol. The van der Waals surface area contributed by atoms with Crippen LogP contribution >= 0.6 is 0 Å². The molecule has 2 unspecified atom stereocenters. The second-order valence-electron chi connectivity index (χ2n) is 5.86. The third-order valence-corrected chi connectivity index (χ3v) is 4.57. The summed E-state index contributed by atoms with van der Waals surface area (Å²) in [5, 5.41) is 4.14. The Hall–Kier alpha value is -1.10. The van der Waals surface area contributed by atoms with E-state index >= 15 is 0 Å². The van der Waals surface area contributed by atoms with Crippen LogP contribution in [0.25, 0.3) is 0 Å². The van der Waals surface area contributed by atoms with Crippen LogP contribution in [0.2, 0.25) is 0 Å². The Labute approximate surface area is 108 Å².